The third kappa shape index (κ3) is 8.05. The molecule has 1 aliphatic carbocycles. The average Bonchev–Trinajstić information content (AvgIpc) is 3.35. The number of fused-ring (bicyclic) bond motifs is 1. The molecule has 0 bridgehead atoms. The highest BCUT2D eigenvalue weighted by molar-refractivity contribution is 5.99. The second-order valence-corrected chi connectivity index (χ2v) is 13.4. The molecule has 1 aromatic heterocycles. The van der Waals surface area contributed by atoms with E-state index in [1.165, 1.54) is 5.56 Å². The Kier molecular flexibility index (Phi) is 11.1. The van der Waals surface area contributed by atoms with Crippen LogP contribution in [0.1, 0.15) is 82.9 Å². The van der Waals surface area contributed by atoms with Crippen LogP contribution in [-0.4, -0.2) is 67.9 Å². The number of hydrogen-bond acceptors (Lipinski definition) is 6. The minimum absolute atomic E-state index is 0.151. The zero-order chi connectivity index (χ0) is 34.5. The van der Waals surface area contributed by atoms with E-state index in [4.69, 9.17) is 9.47 Å². The SMILES string of the molecule is CCN(c1cc(-c2ccc(CN3CCOCC3)cc2)cc(C(=O)NCc2c3c(c(C(F)(F)F)[nH]c2=O)CCCCC3)c1C)C1CCOCC1. The molecule has 2 aliphatic heterocycles. The van der Waals surface area contributed by atoms with Gasteiger partial charge in [0.05, 0.1) is 13.2 Å². The second kappa shape index (κ2) is 15.5. The Morgan fingerprint density at radius 3 is 2.31 bits per heavy atom. The molecule has 0 spiro atoms. The molecule has 1 amide bonds. The van der Waals surface area contributed by atoms with Gasteiger partial charge in [-0.05, 0) is 97.9 Å². The first-order valence-corrected chi connectivity index (χ1v) is 17.6. The lowest BCUT2D eigenvalue weighted by Crippen LogP contribution is -2.40. The molecule has 264 valence electrons. The summed E-state index contributed by atoms with van der Waals surface area (Å²) in [7, 11) is 0. The van der Waals surface area contributed by atoms with Crippen molar-refractivity contribution in [2.24, 2.45) is 0 Å². The number of halogens is 3. The number of aromatic amines is 1. The van der Waals surface area contributed by atoms with Gasteiger partial charge in [-0.25, -0.2) is 0 Å². The molecule has 6 rings (SSSR count). The zero-order valence-corrected chi connectivity index (χ0v) is 28.5. The fourth-order valence-electron chi connectivity index (χ4n) is 7.63. The van der Waals surface area contributed by atoms with Gasteiger partial charge >= 0.3 is 6.18 Å². The van der Waals surface area contributed by atoms with E-state index in [0.29, 0.717) is 43.6 Å². The van der Waals surface area contributed by atoms with Gasteiger partial charge in [-0.1, -0.05) is 30.7 Å². The van der Waals surface area contributed by atoms with Gasteiger partial charge in [0.25, 0.3) is 11.5 Å². The van der Waals surface area contributed by atoms with E-state index in [1.807, 2.05) is 13.0 Å². The second-order valence-electron chi connectivity index (χ2n) is 13.4. The molecular weight excluding hydrogens is 633 g/mol. The van der Waals surface area contributed by atoms with E-state index >= 15 is 0 Å². The number of morpholine rings is 1. The number of carbonyl (C=O) groups is 1. The standard InChI is InChI=1S/C38H47F3N4O4/c1-3-45(29-13-17-48-18-14-29)34-22-28(27-11-9-26(10-12-27)24-44-15-19-49-20-16-44)21-32(25(34)2)36(46)42-23-33-30-7-5-4-6-8-31(30)35(38(39,40)41)43-37(33)47/h9-12,21-22,29H,3-8,13-20,23-24H2,1-2H3,(H,42,46)(H,43,47). The van der Waals surface area contributed by atoms with Gasteiger partial charge in [0, 0.05) is 68.8 Å². The van der Waals surface area contributed by atoms with Crippen molar-refractivity contribution in [1.29, 1.82) is 0 Å². The Labute approximate surface area is 286 Å². The third-order valence-corrected chi connectivity index (χ3v) is 10.3. The molecule has 2 fully saturated rings. The Hall–Kier alpha value is -3.67. The molecule has 2 N–H and O–H groups in total. The average molecular weight is 681 g/mol. The summed E-state index contributed by atoms with van der Waals surface area (Å²) in [5.41, 5.74) is 4.38. The van der Waals surface area contributed by atoms with Crippen molar-refractivity contribution in [3.8, 4) is 11.1 Å². The quantitative estimate of drug-likeness (QED) is 0.255. The first kappa shape index (κ1) is 35.2. The summed E-state index contributed by atoms with van der Waals surface area (Å²) in [6.07, 6.45) is -0.147. The summed E-state index contributed by atoms with van der Waals surface area (Å²) in [4.78, 5) is 34.0. The van der Waals surface area contributed by atoms with Crippen molar-refractivity contribution in [3.05, 3.63) is 85.8 Å². The smallest absolute Gasteiger partial charge is 0.381 e. The van der Waals surface area contributed by atoms with Crippen LogP contribution >= 0.6 is 0 Å². The maximum Gasteiger partial charge on any atom is 0.431 e. The normalized spacial score (nSPS) is 17.7. The van der Waals surface area contributed by atoms with Crippen LogP contribution in [0.25, 0.3) is 11.1 Å². The van der Waals surface area contributed by atoms with Crippen molar-refractivity contribution >= 4 is 11.6 Å². The highest BCUT2D eigenvalue weighted by Gasteiger charge is 2.37. The largest absolute Gasteiger partial charge is 0.431 e. The number of hydrogen-bond donors (Lipinski definition) is 2. The molecule has 8 nitrogen and oxygen atoms in total. The number of nitrogens with zero attached hydrogens (tertiary/aromatic N) is 2. The number of nitrogens with one attached hydrogen (secondary N) is 2. The van der Waals surface area contributed by atoms with Gasteiger partial charge in [0.15, 0.2) is 0 Å². The Balaban J connectivity index is 1.33. The first-order chi connectivity index (χ1) is 23.6. The summed E-state index contributed by atoms with van der Waals surface area (Å²) in [6.45, 7) is 10.2. The van der Waals surface area contributed by atoms with Crippen LogP contribution in [0, 0.1) is 6.92 Å². The summed E-state index contributed by atoms with van der Waals surface area (Å²) >= 11 is 0. The summed E-state index contributed by atoms with van der Waals surface area (Å²) < 4.78 is 52.9. The lowest BCUT2D eigenvalue weighted by atomic mass is 9.94. The van der Waals surface area contributed by atoms with Crippen molar-refractivity contribution in [1.82, 2.24) is 15.2 Å². The Bertz CT molecular complexity index is 1680. The molecule has 11 heteroatoms. The van der Waals surface area contributed by atoms with Crippen molar-refractivity contribution in [2.45, 2.75) is 84.1 Å². The first-order valence-electron chi connectivity index (χ1n) is 17.6. The van der Waals surface area contributed by atoms with Crippen molar-refractivity contribution in [2.75, 3.05) is 51.0 Å². The number of alkyl halides is 3. The lowest BCUT2D eigenvalue weighted by Gasteiger charge is -2.37. The van der Waals surface area contributed by atoms with Crippen LogP contribution in [0.2, 0.25) is 0 Å². The van der Waals surface area contributed by atoms with Gasteiger partial charge in [-0.2, -0.15) is 13.2 Å². The molecule has 3 aliphatic rings. The number of anilines is 1. The van der Waals surface area contributed by atoms with E-state index in [-0.39, 0.29) is 36.0 Å². The van der Waals surface area contributed by atoms with Crippen LogP contribution in [0.4, 0.5) is 18.9 Å². The predicted molar refractivity (Wildman–Crippen MR) is 184 cm³/mol. The fraction of sp³-hybridized carbons (Fsp3) is 0.526. The number of H-pyrrole nitrogens is 1. The number of rotatable bonds is 9. The number of carbonyl (C=O) groups excluding carboxylic acids is 1. The highest BCUT2D eigenvalue weighted by Crippen LogP contribution is 2.36. The molecule has 2 saturated heterocycles. The molecule has 3 aromatic rings. The van der Waals surface area contributed by atoms with Gasteiger partial charge in [0.1, 0.15) is 5.69 Å². The van der Waals surface area contributed by atoms with E-state index in [9.17, 15) is 22.8 Å². The molecule has 0 unspecified atom stereocenters. The number of aromatic nitrogens is 1. The molecule has 3 heterocycles. The Morgan fingerprint density at radius 1 is 0.959 bits per heavy atom. The van der Waals surface area contributed by atoms with E-state index in [1.54, 1.807) is 0 Å². The van der Waals surface area contributed by atoms with Crippen LogP contribution in [-0.2, 0) is 41.6 Å². The Morgan fingerprint density at radius 2 is 1.63 bits per heavy atom. The van der Waals surface area contributed by atoms with Crippen molar-refractivity contribution in [3.63, 3.8) is 0 Å². The summed E-state index contributed by atoms with van der Waals surface area (Å²) in [5.74, 6) is -0.366. The zero-order valence-electron chi connectivity index (χ0n) is 28.5. The van der Waals surface area contributed by atoms with Crippen LogP contribution < -0.4 is 15.8 Å². The molecule has 0 saturated carbocycles. The summed E-state index contributed by atoms with van der Waals surface area (Å²) in [5, 5.41) is 2.93. The van der Waals surface area contributed by atoms with Crippen molar-refractivity contribution < 1.29 is 27.4 Å². The lowest BCUT2D eigenvalue weighted by molar-refractivity contribution is -0.142. The monoisotopic (exact) mass is 680 g/mol. The molecule has 49 heavy (non-hydrogen) atoms. The summed E-state index contributed by atoms with van der Waals surface area (Å²) in [6, 6.07) is 12.7. The molecule has 2 aromatic carbocycles. The topological polar surface area (TPSA) is 86.9 Å². The predicted octanol–water partition coefficient (Wildman–Crippen LogP) is 6.41. The minimum Gasteiger partial charge on any atom is -0.381 e. The fourth-order valence-corrected chi connectivity index (χ4v) is 7.63. The van der Waals surface area contributed by atoms with Gasteiger partial charge in [-0.3, -0.25) is 14.5 Å². The van der Waals surface area contributed by atoms with Crippen LogP contribution in [0.5, 0.6) is 0 Å². The van der Waals surface area contributed by atoms with Crippen LogP contribution in [0.3, 0.4) is 0 Å². The van der Waals surface area contributed by atoms with E-state index < -0.39 is 17.4 Å². The molecule has 0 atom stereocenters. The van der Waals surface area contributed by atoms with Crippen LogP contribution in [0.15, 0.2) is 41.2 Å². The highest BCUT2D eigenvalue weighted by atomic mass is 19.4. The number of pyridine rings is 1. The minimum atomic E-state index is -4.65. The maximum absolute atomic E-state index is 14.1. The molecular formula is C38H47F3N4O4. The maximum atomic E-state index is 14.1. The van der Waals surface area contributed by atoms with Gasteiger partial charge in [0.2, 0.25) is 0 Å². The molecule has 0 radical (unpaired) electrons. The van der Waals surface area contributed by atoms with E-state index in [0.717, 1.165) is 81.0 Å². The van der Waals surface area contributed by atoms with E-state index in [2.05, 4.69) is 57.4 Å². The number of amides is 1. The van der Waals surface area contributed by atoms with Gasteiger partial charge < -0.3 is 24.7 Å². The van der Waals surface area contributed by atoms with Gasteiger partial charge in [-0.15, -0.1) is 0 Å². The number of ether oxygens (including phenoxy) is 2. The number of benzene rings is 2. The third-order valence-electron chi connectivity index (χ3n) is 10.3.